The molecule has 1 unspecified atom stereocenters. The maximum Gasteiger partial charge on any atom is 0.299 e. The van der Waals surface area contributed by atoms with Crippen LogP contribution in [0.25, 0.3) is 11.1 Å². The van der Waals surface area contributed by atoms with Crippen LogP contribution in [0.2, 0.25) is 0 Å². The highest BCUT2D eigenvalue weighted by Crippen LogP contribution is 2.29. The molecule has 1 saturated heterocycles. The lowest BCUT2D eigenvalue weighted by Gasteiger charge is -2.27. The van der Waals surface area contributed by atoms with Crippen LogP contribution in [0.4, 0.5) is 6.01 Å². The lowest BCUT2D eigenvalue weighted by Crippen LogP contribution is -2.44. The van der Waals surface area contributed by atoms with Crippen LogP contribution in [-0.2, 0) is 11.3 Å². The number of nitrogens with zero attached hydrogens (tertiary/aromatic N) is 3. The molecular weight excluding hydrogens is 314 g/mol. The van der Waals surface area contributed by atoms with Crippen molar-refractivity contribution in [3.8, 4) is 0 Å². The zero-order valence-electron chi connectivity index (χ0n) is 14.3. The van der Waals surface area contributed by atoms with Gasteiger partial charge in [-0.3, -0.25) is 4.79 Å². The average molecular weight is 335 g/mol. The van der Waals surface area contributed by atoms with E-state index in [1.165, 1.54) is 0 Å². The summed E-state index contributed by atoms with van der Waals surface area (Å²) in [6.45, 7) is 1.40. The lowest BCUT2D eigenvalue weighted by atomic mass is 10.1. The Bertz CT molecular complexity index is 842. The number of carbonyl (C=O) groups excluding carboxylic acids is 1. The van der Waals surface area contributed by atoms with Gasteiger partial charge in [-0.15, -0.1) is 0 Å². The first-order valence-corrected chi connectivity index (χ1v) is 8.63. The summed E-state index contributed by atoms with van der Waals surface area (Å²) in [7, 11) is 1.86. The van der Waals surface area contributed by atoms with Gasteiger partial charge in [-0.2, -0.15) is 4.98 Å². The van der Waals surface area contributed by atoms with Crippen molar-refractivity contribution in [1.82, 2.24) is 9.88 Å². The monoisotopic (exact) mass is 335 g/mol. The smallest absolute Gasteiger partial charge is 0.299 e. The van der Waals surface area contributed by atoms with E-state index in [1.54, 1.807) is 4.90 Å². The predicted octanol–water partition coefficient (Wildman–Crippen LogP) is 3.46. The quantitative estimate of drug-likeness (QED) is 0.733. The van der Waals surface area contributed by atoms with E-state index in [1.807, 2.05) is 66.5 Å². The molecule has 5 nitrogen and oxygen atoms in total. The van der Waals surface area contributed by atoms with Crippen molar-refractivity contribution in [2.45, 2.75) is 25.4 Å². The molecule has 5 heteroatoms. The number of para-hydroxylation sites is 2. The molecule has 2 heterocycles. The van der Waals surface area contributed by atoms with Crippen molar-refractivity contribution < 1.29 is 9.21 Å². The van der Waals surface area contributed by atoms with Crippen molar-refractivity contribution in [3.05, 3.63) is 60.2 Å². The molecule has 25 heavy (non-hydrogen) atoms. The van der Waals surface area contributed by atoms with Crippen LogP contribution in [0.1, 0.15) is 18.4 Å². The minimum absolute atomic E-state index is 0.114. The number of amides is 1. The summed E-state index contributed by atoms with van der Waals surface area (Å²) in [4.78, 5) is 21.3. The lowest BCUT2D eigenvalue weighted by molar-refractivity contribution is -0.131. The molecule has 1 amide bonds. The van der Waals surface area contributed by atoms with E-state index in [0.29, 0.717) is 12.6 Å². The van der Waals surface area contributed by atoms with Gasteiger partial charge in [0.15, 0.2) is 5.58 Å². The molecule has 2 aromatic carbocycles. The maximum atomic E-state index is 13.0. The SMILES string of the molecule is CN(Cc1ccccc1)C(=O)C1CCCN1c1nc2ccccc2o1. The molecule has 0 radical (unpaired) electrons. The standard InChI is InChI=1S/C20H21N3O2/c1-22(14-15-8-3-2-4-9-15)19(24)17-11-7-13-23(17)20-21-16-10-5-6-12-18(16)25-20/h2-6,8-10,12,17H,7,11,13-14H2,1H3. The van der Waals surface area contributed by atoms with Crippen molar-refractivity contribution in [1.29, 1.82) is 0 Å². The summed E-state index contributed by atoms with van der Waals surface area (Å²) in [6.07, 6.45) is 1.80. The van der Waals surface area contributed by atoms with E-state index < -0.39 is 0 Å². The minimum atomic E-state index is -0.207. The molecule has 4 rings (SSSR count). The number of likely N-dealkylation sites (N-methyl/N-ethyl adjacent to an activating group) is 1. The third kappa shape index (κ3) is 3.09. The molecule has 1 atom stereocenters. The summed E-state index contributed by atoms with van der Waals surface area (Å²) >= 11 is 0. The number of hydrogen-bond acceptors (Lipinski definition) is 4. The fraction of sp³-hybridized carbons (Fsp3) is 0.300. The largest absolute Gasteiger partial charge is 0.423 e. The molecule has 0 aliphatic carbocycles. The van der Waals surface area contributed by atoms with Crippen LogP contribution in [0.3, 0.4) is 0 Å². The summed E-state index contributed by atoms with van der Waals surface area (Å²) < 4.78 is 5.87. The van der Waals surface area contributed by atoms with E-state index in [9.17, 15) is 4.79 Å². The number of rotatable bonds is 4. The minimum Gasteiger partial charge on any atom is -0.423 e. The van der Waals surface area contributed by atoms with Gasteiger partial charge < -0.3 is 14.2 Å². The first-order valence-electron chi connectivity index (χ1n) is 8.63. The van der Waals surface area contributed by atoms with Crippen molar-refractivity contribution in [2.24, 2.45) is 0 Å². The Morgan fingerprint density at radius 3 is 2.76 bits per heavy atom. The number of carbonyl (C=O) groups is 1. The van der Waals surface area contributed by atoms with Gasteiger partial charge in [-0.1, -0.05) is 42.5 Å². The average Bonchev–Trinajstić information content (AvgIpc) is 3.28. The molecule has 0 bridgehead atoms. The number of anilines is 1. The van der Waals surface area contributed by atoms with Gasteiger partial charge in [0.25, 0.3) is 6.01 Å². The molecule has 3 aromatic rings. The molecule has 1 aromatic heterocycles. The van der Waals surface area contributed by atoms with Crippen molar-refractivity contribution in [2.75, 3.05) is 18.5 Å². The fourth-order valence-electron chi connectivity index (χ4n) is 3.42. The van der Waals surface area contributed by atoms with Gasteiger partial charge in [-0.25, -0.2) is 0 Å². The van der Waals surface area contributed by atoms with Crippen LogP contribution < -0.4 is 4.90 Å². The Balaban J connectivity index is 1.53. The Morgan fingerprint density at radius 2 is 1.96 bits per heavy atom. The second-order valence-corrected chi connectivity index (χ2v) is 6.50. The number of hydrogen-bond donors (Lipinski definition) is 0. The first kappa shape index (κ1) is 15.7. The van der Waals surface area contributed by atoms with Crippen LogP contribution in [0.15, 0.2) is 59.0 Å². The molecule has 0 N–H and O–H groups in total. The normalized spacial score (nSPS) is 17.2. The van der Waals surface area contributed by atoms with E-state index in [-0.39, 0.29) is 11.9 Å². The Hall–Kier alpha value is -2.82. The summed E-state index contributed by atoms with van der Waals surface area (Å²) in [6, 6.07) is 18.1. The zero-order chi connectivity index (χ0) is 17.2. The van der Waals surface area contributed by atoms with Gasteiger partial charge in [0.1, 0.15) is 11.6 Å². The molecule has 1 fully saturated rings. The molecule has 0 spiro atoms. The molecule has 128 valence electrons. The van der Waals surface area contributed by atoms with E-state index in [4.69, 9.17) is 4.42 Å². The van der Waals surface area contributed by atoms with Crippen molar-refractivity contribution in [3.63, 3.8) is 0 Å². The molecular formula is C20H21N3O2. The fourth-order valence-corrected chi connectivity index (χ4v) is 3.42. The third-order valence-corrected chi connectivity index (χ3v) is 4.70. The Morgan fingerprint density at radius 1 is 1.20 bits per heavy atom. The molecule has 1 aliphatic rings. The summed E-state index contributed by atoms with van der Waals surface area (Å²) in [5.74, 6) is 0.114. The number of benzene rings is 2. The van der Waals surface area contributed by atoms with Gasteiger partial charge >= 0.3 is 0 Å². The van der Waals surface area contributed by atoms with Crippen LogP contribution in [0.5, 0.6) is 0 Å². The van der Waals surface area contributed by atoms with Crippen LogP contribution in [0, 0.1) is 0 Å². The Labute approximate surface area is 146 Å². The second kappa shape index (κ2) is 6.59. The van der Waals surface area contributed by atoms with E-state index in [0.717, 1.165) is 36.0 Å². The predicted molar refractivity (Wildman–Crippen MR) is 97.3 cm³/mol. The summed E-state index contributed by atoms with van der Waals surface area (Å²) in [5.41, 5.74) is 2.71. The first-order chi connectivity index (χ1) is 12.2. The highest BCUT2D eigenvalue weighted by atomic mass is 16.4. The van der Waals surface area contributed by atoms with Crippen molar-refractivity contribution >= 4 is 23.0 Å². The number of oxazole rings is 1. The third-order valence-electron chi connectivity index (χ3n) is 4.70. The van der Waals surface area contributed by atoms with E-state index >= 15 is 0 Å². The van der Waals surface area contributed by atoms with Crippen LogP contribution in [-0.4, -0.2) is 35.4 Å². The Kier molecular flexibility index (Phi) is 4.14. The highest BCUT2D eigenvalue weighted by Gasteiger charge is 2.35. The topological polar surface area (TPSA) is 49.6 Å². The highest BCUT2D eigenvalue weighted by molar-refractivity contribution is 5.85. The molecule has 0 saturated carbocycles. The summed E-state index contributed by atoms with van der Waals surface area (Å²) in [5, 5.41) is 0. The number of fused-ring (bicyclic) bond motifs is 1. The van der Waals surface area contributed by atoms with E-state index in [2.05, 4.69) is 4.98 Å². The van der Waals surface area contributed by atoms with Gasteiger partial charge in [0.05, 0.1) is 0 Å². The zero-order valence-corrected chi connectivity index (χ0v) is 14.3. The van der Waals surface area contributed by atoms with Gasteiger partial charge in [0.2, 0.25) is 5.91 Å². The van der Waals surface area contributed by atoms with Gasteiger partial charge in [-0.05, 0) is 30.5 Å². The van der Waals surface area contributed by atoms with Gasteiger partial charge in [0, 0.05) is 20.1 Å². The van der Waals surface area contributed by atoms with Crippen LogP contribution >= 0.6 is 0 Å². The second-order valence-electron chi connectivity index (χ2n) is 6.50. The maximum absolute atomic E-state index is 13.0. The number of aromatic nitrogens is 1. The molecule has 1 aliphatic heterocycles.